The van der Waals surface area contributed by atoms with E-state index in [1.165, 1.54) is 22.5 Å². The summed E-state index contributed by atoms with van der Waals surface area (Å²) in [6.07, 6.45) is 0. The van der Waals surface area contributed by atoms with Gasteiger partial charge in [-0.05, 0) is 22.1 Å². The zero-order valence-corrected chi connectivity index (χ0v) is 13.7. The molecule has 1 N–H and O–H groups in total. The molecule has 9 heteroatoms. The Bertz CT molecular complexity index is 622. The number of aromatic nitrogens is 4. The predicted molar refractivity (Wildman–Crippen MR) is 85.1 cm³/mol. The number of tetrazole rings is 1. The molecule has 1 aromatic carbocycles. The molecule has 0 atom stereocenters. The van der Waals surface area contributed by atoms with Crippen LogP contribution in [0.15, 0.2) is 29.4 Å². The van der Waals surface area contributed by atoms with E-state index >= 15 is 0 Å². The van der Waals surface area contributed by atoms with E-state index in [-0.39, 0.29) is 17.5 Å². The minimum atomic E-state index is -0.187. The van der Waals surface area contributed by atoms with Gasteiger partial charge in [-0.2, -0.15) is 11.8 Å². The molecule has 1 aromatic heterocycles. The highest BCUT2D eigenvalue weighted by molar-refractivity contribution is 7.99. The molecule has 22 heavy (non-hydrogen) atoms. The summed E-state index contributed by atoms with van der Waals surface area (Å²) in [5, 5.41) is 14.4. The monoisotopic (exact) mass is 341 g/mol. The summed E-state index contributed by atoms with van der Waals surface area (Å²) in [6.45, 7) is 0.551. The number of hydrogen-bond donors (Lipinski definition) is 1. The van der Waals surface area contributed by atoms with Crippen molar-refractivity contribution in [2.75, 3.05) is 18.1 Å². The van der Waals surface area contributed by atoms with E-state index in [4.69, 9.17) is 0 Å². The van der Waals surface area contributed by atoms with Crippen LogP contribution in [-0.4, -0.2) is 44.2 Å². The number of amides is 1. The van der Waals surface area contributed by atoms with Gasteiger partial charge in [0.2, 0.25) is 11.1 Å². The van der Waals surface area contributed by atoms with E-state index < -0.39 is 0 Å². The number of nitrogens with zero attached hydrogens (tertiary/aromatic N) is 4. The Hall–Kier alpha value is -1.61. The lowest BCUT2D eigenvalue weighted by Gasteiger charge is -2.05. The summed E-state index contributed by atoms with van der Waals surface area (Å²) in [4.78, 5) is 11.7. The average molecular weight is 341 g/mol. The minimum absolute atomic E-state index is 0.0699. The van der Waals surface area contributed by atoms with Gasteiger partial charge in [-0.3, -0.25) is 4.79 Å². The largest absolute Gasteiger partial charge is 0.355 e. The van der Waals surface area contributed by atoms with E-state index in [0.717, 1.165) is 5.75 Å². The van der Waals surface area contributed by atoms with Crippen molar-refractivity contribution in [1.29, 1.82) is 0 Å². The maximum Gasteiger partial charge on any atom is 0.230 e. The summed E-state index contributed by atoms with van der Waals surface area (Å²) in [7, 11) is 1.72. The van der Waals surface area contributed by atoms with Gasteiger partial charge in [-0.15, -0.1) is 5.10 Å². The molecule has 0 saturated carbocycles. The Kier molecular flexibility index (Phi) is 6.66. The summed E-state index contributed by atoms with van der Waals surface area (Å²) in [6, 6.07) is 6.72. The van der Waals surface area contributed by atoms with Crippen molar-refractivity contribution in [3.63, 3.8) is 0 Å². The molecule has 0 unspecified atom stereocenters. The smallest absolute Gasteiger partial charge is 0.230 e. The third-order valence-electron chi connectivity index (χ3n) is 2.70. The van der Waals surface area contributed by atoms with E-state index in [9.17, 15) is 9.18 Å². The topological polar surface area (TPSA) is 72.7 Å². The zero-order chi connectivity index (χ0) is 15.8. The number of nitrogens with one attached hydrogen (secondary N) is 1. The van der Waals surface area contributed by atoms with Gasteiger partial charge in [0.25, 0.3) is 0 Å². The third kappa shape index (κ3) is 5.30. The highest BCUT2D eigenvalue weighted by Crippen LogP contribution is 2.15. The number of carbonyl (C=O) groups is 1. The van der Waals surface area contributed by atoms with Crippen LogP contribution in [0.25, 0.3) is 0 Å². The fraction of sp³-hybridized carbons (Fsp3) is 0.385. The molecule has 0 fully saturated rings. The standard InChI is InChI=1S/C13H16FN5OS2/c1-19-13(16-17-18-19)22-9-12(20)15-6-7-21-8-10-4-2-3-5-11(10)14/h2-5H,6-9H2,1H3,(H,15,20). The number of benzene rings is 1. The quantitative estimate of drug-likeness (QED) is 0.579. The second-order valence-electron chi connectivity index (χ2n) is 4.37. The van der Waals surface area contributed by atoms with Crippen LogP contribution in [0.5, 0.6) is 0 Å². The third-order valence-corrected chi connectivity index (χ3v) is 4.72. The van der Waals surface area contributed by atoms with Crippen LogP contribution >= 0.6 is 23.5 Å². The first-order valence-corrected chi connectivity index (χ1v) is 8.74. The van der Waals surface area contributed by atoms with Crippen LogP contribution in [0.4, 0.5) is 4.39 Å². The molecule has 0 aliphatic rings. The Labute approximate surface area is 136 Å². The van der Waals surface area contributed by atoms with Gasteiger partial charge >= 0.3 is 0 Å². The number of thioether (sulfide) groups is 2. The molecular weight excluding hydrogens is 325 g/mol. The summed E-state index contributed by atoms with van der Waals surface area (Å²) in [5.41, 5.74) is 0.684. The number of halogens is 1. The molecule has 2 rings (SSSR count). The Morgan fingerprint density at radius 3 is 2.95 bits per heavy atom. The van der Waals surface area contributed by atoms with Crippen molar-refractivity contribution < 1.29 is 9.18 Å². The van der Waals surface area contributed by atoms with Crippen molar-refractivity contribution in [2.24, 2.45) is 7.05 Å². The van der Waals surface area contributed by atoms with Gasteiger partial charge in [0.1, 0.15) is 5.82 Å². The van der Waals surface area contributed by atoms with Gasteiger partial charge < -0.3 is 5.32 Å². The maximum atomic E-state index is 13.4. The van der Waals surface area contributed by atoms with Crippen molar-refractivity contribution in [2.45, 2.75) is 10.9 Å². The molecule has 0 spiro atoms. The van der Waals surface area contributed by atoms with Gasteiger partial charge in [0.15, 0.2) is 0 Å². The van der Waals surface area contributed by atoms with Gasteiger partial charge in [0.05, 0.1) is 5.75 Å². The number of hydrogen-bond acceptors (Lipinski definition) is 6. The first kappa shape index (κ1) is 16.8. The Morgan fingerprint density at radius 2 is 2.23 bits per heavy atom. The molecule has 6 nitrogen and oxygen atoms in total. The highest BCUT2D eigenvalue weighted by Gasteiger charge is 2.07. The van der Waals surface area contributed by atoms with Crippen molar-refractivity contribution in [3.8, 4) is 0 Å². The number of carbonyl (C=O) groups excluding carboxylic acids is 1. The lowest BCUT2D eigenvalue weighted by atomic mass is 10.2. The van der Waals surface area contributed by atoms with Crippen molar-refractivity contribution in [1.82, 2.24) is 25.5 Å². The molecule has 1 heterocycles. The van der Waals surface area contributed by atoms with E-state index in [0.29, 0.717) is 23.0 Å². The second-order valence-corrected chi connectivity index (χ2v) is 6.42. The fourth-order valence-electron chi connectivity index (χ4n) is 1.58. The lowest BCUT2D eigenvalue weighted by Crippen LogP contribution is -2.27. The molecule has 1 amide bonds. The summed E-state index contributed by atoms with van der Waals surface area (Å²) >= 11 is 2.87. The van der Waals surface area contributed by atoms with Crippen molar-refractivity contribution >= 4 is 29.4 Å². The van der Waals surface area contributed by atoms with Crippen LogP contribution in [0, 0.1) is 5.82 Å². The summed E-state index contributed by atoms with van der Waals surface area (Å²) in [5.74, 6) is 1.34. The molecular formula is C13H16FN5OS2. The normalized spacial score (nSPS) is 10.6. The van der Waals surface area contributed by atoms with Gasteiger partial charge in [-0.1, -0.05) is 30.0 Å². The predicted octanol–water partition coefficient (Wildman–Crippen LogP) is 1.49. The minimum Gasteiger partial charge on any atom is -0.355 e. The van der Waals surface area contributed by atoms with Crippen LogP contribution in [0.1, 0.15) is 5.56 Å². The molecule has 0 radical (unpaired) electrons. The maximum absolute atomic E-state index is 13.4. The fourth-order valence-corrected chi connectivity index (χ4v) is 3.11. The first-order valence-electron chi connectivity index (χ1n) is 6.60. The second kappa shape index (κ2) is 8.74. The molecule has 118 valence electrons. The number of aryl methyl sites for hydroxylation is 1. The highest BCUT2D eigenvalue weighted by atomic mass is 32.2. The zero-order valence-electron chi connectivity index (χ0n) is 12.0. The first-order chi connectivity index (χ1) is 10.7. The van der Waals surface area contributed by atoms with Crippen LogP contribution in [0.3, 0.4) is 0 Å². The molecule has 0 aliphatic heterocycles. The average Bonchev–Trinajstić information content (AvgIpc) is 2.92. The summed E-state index contributed by atoms with van der Waals surface area (Å²) < 4.78 is 14.9. The van der Waals surface area contributed by atoms with Crippen LogP contribution in [0.2, 0.25) is 0 Å². The molecule has 2 aromatic rings. The van der Waals surface area contributed by atoms with E-state index in [2.05, 4.69) is 20.8 Å². The van der Waals surface area contributed by atoms with Crippen LogP contribution < -0.4 is 5.32 Å². The van der Waals surface area contributed by atoms with Crippen LogP contribution in [-0.2, 0) is 17.6 Å². The SMILES string of the molecule is Cn1nnnc1SCC(=O)NCCSCc1ccccc1F. The van der Waals surface area contributed by atoms with Crippen molar-refractivity contribution in [3.05, 3.63) is 35.6 Å². The van der Waals surface area contributed by atoms with E-state index in [1.54, 1.807) is 30.9 Å². The molecule has 0 aliphatic carbocycles. The van der Waals surface area contributed by atoms with Gasteiger partial charge in [-0.25, -0.2) is 9.07 Å². The lowest BCUT2D eigenvalue weighted by molar-refractivity contribution is -0.118. The number of rotatable bonds is 8. The Balaban J connectivity index is 1.58. The molecule has 0 bridgehead atoms. The van der Waals surface area contributed by atoms with Gasteiger partial charge in [0, 0.05) is 25.1 Å². The Morgan fingerprint density at radius 1 is 1.41 bits per heavy atom. The molecule has 0 saturated heterocycles. The van der Waals surface area contributed by atoms with E-state index in [1.807, 2.05) is 6.07 Å².